The van der Waals surface area contributed by atoms with E-state index >= 15 is 0 Å². The first kappa shape index (κ1) is 18.3. The van der Waals surface area contributed by atoms with Crippen LogP contribution in [0.4, 0.5) is 5.69 Å². The van der Waals surface area contributed by atoms with Gasteiger partial charge in [0.05, 0.1) is 18.0 Å². The van der Waals surface area contributed by atoms with Gasteiger partial charge in [-0.15, -0.1) is 0 Å². The summed E-state index contributed by atoms with van der Waals surface area (Å²) in [6, 6.07) is 5.03. The number of hydrazone groups is 1. The topological polar surface area (TPSA) is 49.7 Å². The van der Waals surface area contributed by atoms with E-state index < -0.39 is 9.84 Å². The molecule has 0 bridgehead atoms. The van der Waals surface area contributed by atoms with Crippen molar-refractivity contribution in [3.05, 3.63) is 28.2 Å². The van der Waals surface area contributed by atoms with Crippen molar-refractivity contribution in [3.63, 3.8) is 0 Å². The molecule has 0 spiro atoms. The third-order valence-electron chi connectivity index (χ3n) is 2.40. The maximum absolute atomic E-state index is 11.4. The molecule has 0 N–H and O–H groups in total. The number of rotatable bonds is 5. The first-order chi connectivity index (χ1) is 9.46. The smallest absolute Gasteiger partial charge is 0.149 e. The Hall–Kier alpha value is -0.780. The molecule has 1 rings (SSSR count). The van der Waals surface area contributed by atoms with Crippen molar-refractivity contribution in [2.75, 3.05) is 23.6 Å². The molecule has 0 heterocycles. The van der Waals surface area contributed by atoms with Crippen molar-refractivity contribution in [1.82, 2.24) is 0 Å². The van der Waals surface area contributed by atoms with Crippen molar-refractivity contribution >= 4 is 44.9 Å². The van der Waals surface area contributed by atoms with Crippen molar-refractivity contribution in [2.24, 2.45) is 10.5 Å². The van der Waals surface area contributed by atoms with Crippen LogP contribution in [-0.2, 0) is 9.84 Å². The summed E-state index contributed by atoms with van der Waals surface area (Å²) in [6.45, 7) is 6.27. The van der Waals surface area contributed by atoms with Gasteiger partial charge in [-0.25, -0.2) is 8.42 Å². The lowest BCUT2D eigenvalue weighted by Crippen LogP contribution is -2.25. The van der Waals surface area contributed by atoms with E-state index in [0.717, 1.165) is 0 Å². The first-order valence-corrected chi connectivity index (χ1v) is 9.24. The summed E-state index contributed by atoms with van der Waals surface area (Å²) in [5, 5.41) is 6.94. The van der Waals surface area contributed by atoms with Crippen LogP contribution in [0.15, 0.2) is 23.3 Å². The third-order valence-corrected chi connectivity index (χ3v) is 3.76. The Morgan fingerprint density at radius 3 is 2.14 bits per heavy atom. The molecule has 0 aliphatic rings. The van der Waals surface area contributed by atoms with E-state index in [0.29, 0.717) is 15.7 Å². The fraction of sp³-hybridized carbons (Fsp3) is 0.500. The number of anilines is 1. The summed E-state index contributed by atoms with van der Waals surface area (Å²) >= 11 is 12.0. The summed E-state index contributed by atoms with van der Waals surface area (Å²) in [6.07, 6.45) is 2.97. The highest BCUT2D eigenvalue weighted by Gasteiger charge is 2.13. The van der Waals surface area contributed by atoms with Crippen LogP contribution in [0.3, 0.4) is 0 Å². The largest absolute Gasteiger partial charge is 0.265 e. The van der Waals surface area contributed by atoms with Gasteiger partial charge in [-0.3, -0.25) is 5.01 Å². The second kappa shape index (κ2) is 6.99. The van der Waals surface area contributed by atoms with Gasteiger partial charge >= 0.3 is 0 Å². The SMILES string of the molecule is CC(C)(C)/C=N/N(CCS(C)(=O)=O)c1cc(Cl)cc(Cl)c1. The van der Waals surface area contributed by atoms with Crippen LogP contribution < -0.4 is 5.01 Å². The van der Waals surface area contributed by atoms with Crippen LogP contribution in [0.5, 0.6) is 0 Å². The average Bonchev–Trinajstić information content (AvgIpc) is 2.24. The Kier molecular flexibility index (Phi) is 6.08. The molecular weight excluding hydrogens is 331 g/mol. The summed E-state index contributed by atoms with van der Waals surface area (Å²) < 4.78 is 22.7. The lowest BCUT2D eigenvalue weighted by molar-refractivity contribution is 0.597. The highest BCUT2D eigenvalue weighted by molar-refractivity contribution is 7.90. The fourth-order valence-electron chi connectivity index (χ4n) is 1.44. The van der Waals surface area contributed by atoms with Crippen LogP contribution in [0.1, 0.15) is 20.8 Å². The van der Waals surface area contributed by atoms with Gasteiger partial charge in [-0.1, -0.05) is 44.0 Å². The Bertz CT molecular complexity index is 602. The Morgan fingerprint density at radius 1 is 1.19 bits per heavy atom. The predicted molar refractivity (Wildman–Crippen MR) is 91.5 cm³/mol. The quantitative estimate of drug-likeness (QED) is 0.598. The molecule has 0 aromatic heterocycles. The standard InChI is InChI=1S/C14H20Cl2N2O2S/c1-14(2,3)10-17-18(5-6-21(4,19)20)13-8-11(15)7-12(16)9-13/h7-10H,5-6H2,1-4H3/b17-10+. The normalized spacial score (nSPS) is 12.9. The summed E-state index contributed by atoms with van der Waals surface area (Å²) in [5.74, 6) is -0.00137. The van der Waals surface area contributed by atoms with Crippen LogP contribution in [0.25, 0.3) is 0 Å². The van der Waals surface area contributed by atoms with Gasteiger partial charge in [0.15, 0.2) is 0 Å². The molecule has 4 nitrogen and oxygen atoms in total. The van der Waals surface area contributed by atoms with Crippen molar-refractivity contribution in [1.29, 1.82) is 0 Å². The molecule has 0 unspecified atom stereocenters. The molecule has 0 fully saturated rings. The van der Waals surface area contributed by atoms with Crippen LogP contribution in [0.2, 0.25) is 10.0 Å². The minimum absolute atomic E-state index is 0.00137. The zero-order chi connectivity index (χ0) is 16.3. The maximum Gasteiger partial charge on any atom is 0.149 e. The van der Waals surface area contributed by atoms with E-state index in [4.69, 9.17) is 23.2 Å². The van der Waals surface area contributed by atoms with Gasteiger partial charge in [-0.05, 0) is 23.6 Å². The molecule has 0 radical (unpaired) electrons. The van der Waals surface area contributed by atoms with Gasteiger partial charge < -0.3 is 0 Å². The zero-order valence-electron chi connectivity index (χ0n) is 12.6. The molecule has 1 aromatic carbocycles. The molecule has 0 saturated carbocycles. The van der Waals surface area contributed by atoms with Gasteiger partial charge in [-0.2, -0.15) is 5.10 Å². The van der Waals surface area contributed by atoms with Crippen LogP contribution >= 0.6 is 23.2 Å². The Labute approximate surface area is 136 Å². The highest BCUT2D eigenvalue weighted by Crippen LogP contribution is 2.26. The van der Waals surface area contributed by atoms with E-state index in [1.54, 1.807) is 29.4 Å². The molecule has 0 aliphatic carbocycles. The molecule has 0 atom stereocenters. The molecule has 1 aromatic rings. The van der Waals surface area contributed by atoms with Gasteiger partial charge in [0.25, 0.3) is 0 Å². The predicted octanol–water partition coefficient (Wildman–Crippen LogP) is 3.88. The number of hydrogen-bond donors (Lipinski definition) is 0. The summed E-state index contributed by atoms with van der Waals surface area (Å²) in [4.78, 5) is 0. The van der Waals surface area contributed by atoms with Crippen LogP contribution in [0, 0.1) is 5.41 Å². The molecule has 0 amide bonds. The number of halogens is 2. The van der Waals surface area contributed by atoms with E-state index in [9.17, 15) is 8.42 Å². The maximum atomic E-state index is 11.4. The molecule has 0 saturated heterocycles. The minimum Gasteiger partial charge on any atom is -0.265 e. The van der Waals surface area contributed by atoms with Gasteiger partial charge in [0.1, 0.15) is 9.84 Å². The molecule has 118 valence electrons. The molecular formula is C14H20Cl2N2O2S. The van der Waals surface area contributed by atoms with Crippen molar-refractivity contribution in [2.45, 2.75) is 20.8 Å². The van der Waals surface area contributed by atoms with Crippen molar-refractivity contribution in [3.8, 4) is 0 Å². The van der Waals surface area contributed by atoms with Gasteiger partial charge in [0, 0.05) is 22.5 Å². The first-order valence-electron chi connectivity index (χ1n) is 6.43. The van der Waals surface area contributed by atoms with Crippen molar-refractivity contribution < 1.29 is 8.42 Å². The number of nitrogens with zero attached hydrogens (tertiary/aromatic N) is 2. The summed E-state index contributed by atoms with van der Waals surface area (Å²) in [7, 11) is -3.08. The summed E-state index contributed by atoms with van der Waals surface area (Å²) in [5.41, 5.74) is 0.544. The second-order valence-electron chi connectivity index (χ2n) is 5.99. The molecule has 21 heavy (non-hydrogen) atoms. The lowest BCUT2D eigenvalue weighted by Gasteiger charge is -2.21. The fourth-order valence-corrected chi connectivity index (χ4v) is 2.46. The molecule has 7 heteroatoms. The number of hydrogen-bond acceptors (Lipinski definition) is 4. The third kappa shape index (κ3) is 7.69. The zero-order valence-corrected chi connectivity index (χ0v) is 14.9. The lowest BCUT2D eigenvalue weighted by atomic mass is 9.99. The van der Waals surface area contributed by atoms with E-state index in [-0.39, 0.29) is 17.7 Å². The average molecular weight is 351 g/mol. The minimum atomic E-state index is -3.08. The van der Waals surface area contributed by atoms with E-state index in [2.05, 4.69) is 5.10 Å². The number of benzene rings is 1. The molecule has 0 aliphatic heterocycles. The Balaban J connectivity index is 3.08. The number of sulfone groups is 1. The monoisotopic (exact) mass is 350 g/mol. The highest BCUT2D eigenvalue weighted by atomic mass is 35.5. The van der Waals surface area contributed by atoms with E-state index in [1.807, 2.05) is 20.8 Å². The second-order valence-corrected chi connectivity index (χ2v) is 9.12. The van der Waals surface area contributed by atoms with Gasteiger partial charge in [0.2, 0.25) is 0 Å². The van der Waals surface area contributed by atoms with Crippen LogP contribution in [-0.4, -0.2) is 33.2 Å². The van der Waals surface area contributed by atoms with E-state index in [1.165, 1.54) is 6.26 Å². The Morgan fingerprint density at radius 2 is 1.71 bits per heavy atom.